The molecule has 2 aliphatic rings. The van der Waals surface area contributed by atoms with E-state index in [4.69, 9.17) is 18.7 Å². The quantitative estimate of drug-likeness (QED) is 0.744. The van der Waals surface area contributed by atoms with Gasteiger partial charge in [-0.25, -0.2) is 4.79 Å². The summed E-state index contributed by atoms with van der Waals surface area (Å²) in [7, 11) is 0. The number of aromatic nitrogens is 1. The summed E-state index contributed by atoms with van der Waals surface area (Å²) >= 11 is 0. The molecule has 6 nitrogen and oxygen atoms in total. The standard InChI is InChI=1S/C21H25NO5/c1-12-17(13(2)27-22-12)11-25-15-7-5-6-14(10-15)20(23)26-19-16-8-9-24-18(16)21(19,3)4/h5-7,10,16,18-19H,8-9,11H2,1-4H3/t16-,18+,19-/m1/s1. The molecule has 0 unspecified atom stereocenters. The molecule has 2 fully saturated rings. The minimum absolute atomic E-state index is 0.107. The van der Waals surface area contributed by atoms with Gasteiger partial charge in [-0.15, -0.1) is 0 Å². The SMILES string of the molecule is Cc1noc(C)c1COc1cccc(C(=O)O[C@@H]2[C@@H]3CCO[C@@H]3C2(C)C)c1. The molecule has 0 N–H and O–H groups in total. The Hall–Kier alpha value is -2.34. The molecule has 4 rings (SSSR count). The van der Waals surface area contributed by atoms with Crippen molar-refractivity contribution in [1.29, 1.82) is 0 Å². The molecular weight excluding hydrogens is 346 g/mol. The van der Waals surface area contributed by atoms with Crippen molar-refractivity contribution in [2.45, 2.75) is 52.9 Å². The molecule has 144 valence electrons. The van der Waals surface area contributed by atoms with E-state index < -0.39 is 0 Å². The van der Waals surface area contributed by atoms with Crippen molar-refractivity contribution in [3.05, 3.63) is 46.8 Å². The van der Waals surface area contributed by atoms with Crippen LogP contribution in [0.15, 0.2) is 28.8 Å². The lowest BCUT2D eigenvalue weighted by Gasteiger charge is -2.53. The Labute approximate surface area is 158 Å². The molecule has 1 aromatic heterocycles. The minimum atomic E-state index is -0.318. The van der Waals surface area contributed by atoms with E-state index in [-0.39, 0.29) is 23.6 Å². The summed E-state index contributed by atoms with van der Waals surface area (Å²) < 4.78 is 22.6. The van der Waals surface area contributed by atoms with Crippen molar-refractivity contribution in [3.8, 4) is 5.75 Å². The highest BCUT2D eigenvalue weighted by atomic mass is 16.6. The number of ether oxygens (including phenoxy) is 3. The Bertz CT molecular complexity index is 837. The third-order valence-electron chi connectivity index (χ3n) is 5.86. The number of carbonyl (C=O) groups is 1. The summed E-state index contributed by atoms with van der Waals surface area (Å²) in [6.07, 6.45) is 1.04. The lowest BCUT2D eigenvalue weighted by Crippen LogP contribution is -2.61. The van der Waals surface area contributed by atoms with Crippen LogP contribution in [0.5, 0.6) is 5.75 Å². The van der Waals surface area contributed by atoms with Gasteiger partial charge in [0.2, 0.25) is 0 Å². The van der Waals surface area contributed by atoms with Crippen molar-refractivity contribution in [2.75, 3.05) is 6.61 Å². The van der Waals surface area contributed by atoms with Crippen LogP contribution in [0.2, 0.25) is 0 Å². The largest absolute Gasteiger partial charge is 0.489 e. The summed E-state index contributed by atoms with van der Waals surface area (Å²) in [6, 6.07) is 7.09. The van der Waals surface area contributed by atoms with Gasteiger partial charge in [-0.2, -0.15) is 0 Å². The van der Waals surface area contributed by atoms with Crippen LogP contribution in [0.4, 0.5) is 0 Å². The predicted octanol–water partition coefficient (Wildman–Crippen LogP) is 3.84. The molecule has 1 saturated carbocycles. The van der Waals surface area contributed by atoms with Gasteiger partial charge in [0.25, 0.3) is 0 Å². The highest BCUT2D eigenvalue weighted by Gasteiger charge is 2.61. The number of hydrogen-bond acceptors (Lipinski definition) is 6. The summed E-state index contributed by atoms with van der Waals surface area (Å²) in [5.74, 6) is 1.34. The first kappa shape index (κ1) is 18.0. The maximum absolute atomic E-state index is 12.7. The van der Waals surface area contributed by atoms with Gasteiger partial charge in [0.15, 0.2) is 0 Å². The molecule has 27 heavy (non-hydrogen) atoms. The van der Waals surface area contributed by atoms with E-state index >= 15 is 0 Å². The van der Waals surface area contributed by atoms with Gasteiger partial charge in [0.1, 0.15) is 24.2 Å². The number of benzene rings is 1. The van der Waals surface area contributed by atoms with Crippen LogP contribution in [0, 0.1) is 25.2 Å². The van der Waals surface area contributed by atoms with Crippen LogP contribution in [0.25, 0.3) is 0 Å². The average molecular weight is 371 g/mol. The zero-order valence-electron chi connectivity index (χ0n) is 16.2. The van der Waals surface area contributed by atoms with E-state index in [2.05, 4.69) is 19.0 Å². The normalized spacial score (nSPS) is 25.6. The third-order valence-corrected chi connectivity index (χ3v) is 5.86. The van der Waals surface area contributed by atoms with Crippen LogP contribution in [-0.4, -0.2) is 29.9 Å². The molecule has 2 aromatic rings. The van der Waals surface area contributed by atoms with Crippen LogP contribution >= 0.6 is 0 Å². The topological polar surface area (TPSA) is 70.8 Å². The predicted molar refractivity (Wildman–Crippen MR) is 97.6 cm³/mol. The fraction of sp³-hybridized carbons (Fsp3) is 0.524. The summed E-state index contributed by atoms with van der Waals surface area (Å²) in [5.41, 5.74) is 2.08. The van der Waals surface area contributed by atoms with Crippen molar-refractivity contribution in [2.24, 2.45) is 11.3 Å². The van der Waals surface area contributed by atoms with Crippen molar-refractivity contribution >= 4 is 5.97 Å². The molecule has 0 spiro atoms. The minimum Gasteiger partial charge on any atom is -0.489 e. The molecule has 0 radical (unpaired) electrons. The Balaban J connectivity index is 1.42. The van der Waals surface area contributed by atoms with E-state index in [1.54, 1.807) is 18.2 Å². The summed E-state index contributed by atoms with van der Waals surface area (Å²) in [6.45, 7) is 9.02. The van der Waals surface area contributed by atoms with Crippen LogP contribution in [0.1, 0.15) is 47.6 Å². The second kappa shape index (κ2) is 6.68. The molecule has 1 saturated heterocycles. The Morgan fingerprint density at radius 2 is 2.15 bits per heavy atom. The molecule has 3 atom stereocenters. The van der Waals surface area contributed by atoms with E-state index in [9.17, 15) is 4.79 Å². The first-order chi connectivity index (χ1) is 12.9. The van der Waals surface area contributed by atoms with Crippen LogP contribution < -0.4 is 4.74 Å². The average Bonchev–Trinajstić information content (AvgIpc) is 3.24. The van der Waals surface area contributed by atoms with Gasteiger partial charge in [0.05, 0.1) is 22.9 Å². The molecule has 2 heterocycles. The first-order valence-electron chi connectivity index (χ1n) is 9.35. The zero-order chi connectivity index (χ0) is 19.2. The monoisotopic (exact) mass is 371 g/mol. The second-order valence-corrected chi connectivity index (χ2v) is 8.01. The smallest absolute Gasteiger partial charge is 0.338 e. The molecule has 0 amide bonds. The molecular formula is C21H25NO5. The number of hydrogen-bond donors (Lipinski definition) is 0. The van der Waals surface area contributed by atoms with Gasteiger partial charge in [-0.1, -0.05) is 25.1 Å². The van der Waals surface area contributed by atoms with Gasteiger partial charge in [-0.05, 0) is 38.5 Å². The van der Waals surface area contributed by atoms with E-state index in [0.717, 1.165) is 30.0 Å². The number of aryl methyl sites for hydroxylation is 2. The number of esters is 1. The van der Waals surface area contributed by atoms with E-state index in [0.29, 0.717) is 23.8 Å². The van der Waals surface area contributed by atoms with Crippen molar-refractivity contribution in [3.63, 3.8) is 0 Å². The number of nitrogens with zero attached hydrogens (tertiary/aromatic N) is 1. The number of fused-ring (bicyclic) bond motifs is 1. The van der Waals surface area contributed by atoms with Crippen molar-refractivity contribution in [1.82, 2.24) is 5.16 Å². The lowest BCUT2D eigenvalue weighted by atomic mass is 9.59. The highest BCUT2D eigenvalue weighted by Crippen LogP contribution is 2.53. The van der Waals surface area contributed by atoms with Crippen LogP contribution in [-0.2, 0) is 16.1 Å². The molecule has 1 aromatic carbocycles. The molecule has 1 aliphatic heterocycles. The molecule has 6 heteroatoms. The highest BCUT2D eigenvalue weighted by molar-refractivity contribution is 5.90. The van der Waals surface area contributed by atoms with Gasteiger partial charge >= 0.3 is 5.97 Å². The number of rotatable bonds is 5. The number of carbonyl (C=O) groups excluding carboxylic acids is 1. The summed E-state index contributed by atoms with van der Waals surface area (Å²) in [4.78, 5) is 12.7. The van der Waals surface area contributed by atoms with Gasteiger partial charge < -0.3 is 18.7 Å². The Morgan fingerprint density at radius 3 is 2.89 bits per heavy atom. The second-order valence-electron chi connectivity index (χ2n) is 8.01. The maximum atomic E-state index is 12.7. The third kappa shape index (κ3) is 3.12. The molecule has 0 bridgehead atoms. The first-order valence-corrected chi connectivity index (χ1v) is 9.35. The molecule has 1 aliphatic carbocycles. The fourth-order valence-electron chi connectivity index (χ4n) is 4.28. The lowest BCUT2D eigenvalue weighted by molar-refractivity contribution is -0.183. The fourth-order valence-corrected chi connectivity index (χ4v) is 4.28. The van der Waals surface area contributed by atoms with Gasteiger partial charge in [0, 0.05) is 17.9 Å². The maximum Gasteiger partial charge on any atom is 0.338 e. The van der Waals surface area contributed by atoms with Gasteiger partial charge in [-0.3, -0.25) is 0 Å². The van der Waals surface area contributed by atoms with E-state index in [1.807, 2.05) is 19.9 Å². The Morgan fingerprint density at radius 1 is 1.33 bits per heavy atom. The van der Waals surface area contributed by atoms with Crippen LogP contribution in [0.3, 0.4) is 0 Å². The zero-order valence-corrected chi connectivity index (χ0v) is 16.2. The Kier molecular flexibility index (Phi) is 4.46. The van der Waals surface area contributed by atoms with Crippen molar-refractivity contribution < 1.29 is 23.5 Å². The summed E-state index contributed by atoms with van der Waals surface area (Å²) in [5, 5.41) is 3.92. The van der Waals surface area contributed by atoms with E-state index in [1.165, 1.54) is 0 Å².